The van der Waals surface area contributed by atoms with Gasteiger partial charge in [0.1, 0.15) is 6.61 Å². The number of hydrogen-bond acceptors (Lipinski definition) is 8. The first kappa shape index (κ1) is 13.7. The fraction of sp³-hybridized carbons (Fsp3) is 0.182. The molecule has 0 atom stereocenters. The van der Waals surface area contributed by atoms with Crippen molar-refractivity contribution in [3.8, 4) is 11.8 Å². The number of nitrogens with zero attached hydrogens (tertiary/aromatic N) is 4. The molecule has 0 saturated carbocycles. The summed E-state index contributed by atoms with van der Waals surface area (Å²) in [4.78, 5) is 10.3. The lowest BCUT2D eigenvalue weighted by atomic mass is 10.2. The number of nitriles is 1. The highest BCUT2D eigenvalue weighted by atomic mass is 32.1. The van der Waals surface area contributed by atoms with Crippen molar-refractivity contribution in [3.63, 3.8) is 0 Å². The normalized spacial score (nSPS) is 9.80. The second kappa shape index (κ2) is 5.94. The summed E-state index contributed by atoms with van der Waals surface area (Å²) in [6, 6.07) is 5.88. The minimum atomic E-state index is -0.588. The molecule has 0 bridgehead atoms. The Kier molecular flexibility index (Phi) is 4.07. The molecule has 0 amide bonds. The maximum absolute atomic E-state index is 10.9. The Hall–Kier alpha value is -2.73. The number of nitro benzene ring substituents is 1. The van der Waals surface area contributed by atoms with Crippen molar-refractivity contribution in [2.75, 3.05) is 12.4 Å². The minimum absolute atomic E-state index is 0.0755. The van der Waals surface area contributed by atoms with Crippen LogP contribution >= 0.6 is 11.3 Å². The lowest BCUT2D eigenvalue weighted by Crippen LogP contribution is -1.99. The third kappa shape index (κ3) is 2.99. The van der Waals surface area contributed by atoms with Gasteiger partial charge < -0.3 is 10.1 Å². The molecule has 0 spiro atoms. The highest BCUT2D eigenvalue weighted by Gasteiger charge is 2.16. The van der Waals surface area contributed by atoms with Gasteiger partial charge >= 0.3 is 5.69 Å². The molecule has 0 fully saturated rings. The van der Waals surface area contributed by atoms with Gasteiger partial charge in [0, 0.05) is 13.1 Å². The Morgan fingerprint density at radius 2 is 2.35 bits per heavy atom. The lowest BCUT2D eigenvalue weighted by Gasteiger charge is -2.04. The van der Waals surface area contributed by atoms with Crippen LogP contribution < -0.4 is 10.1 Å². The van der Waals surface area contributed by atoms with Crippen LogP contribution in [-0.4, -0.2) is 22.2 Å². The van der Waals surface area contributed by atoms with E-state index in [1.165, 1.54) is 29.5 Å². The zero-order chi connectivity index (χ0) is 14.5. The van der Waals surface area contributed by atoms with Crippen LogP contribution in [0.3, 0.4) is 0 Å². The van der Waals surface area contributed by atoms with Gasteiger partial charge in [-0.05, 0) is 12.1 Å². The lowest BCUT2D eigenvalue weighted by molar-refractivity contribution is -0.386. The van der Waals surface area contributed by atoms with Crippen LogP contribution in [0.15, 0.2) is 18.2 Å². The van der Waals surface area contributed by atoms with Crippen LogP contribution in [0.1, 0.15) is 10.6 Å². The second-order valence-corrected chi connectivity index (χ2v) is 4.65. The molecular formula is C11H9N5O3S. The van der Waals surface area contributed by atoms with E-state index in [4.69, 9.17) is 10.00 Å². The van der Waals surface area contributed by atoms with Gasteiger partial charge in [0.15, 0.2) is 10.8 Å². The van der Waals surface area contributed by atoms with E-state index in [2.05, 4.69) is 15.5 Å². The number of nitro groups is 1. The predicted octanol–water partition coefficient (Wildman–Crippen LogP) is 1.94. The summed E-state index contributed by atoms with van der Waals surface area (Å²) in [6.45, 7) is 0.0755. The first-order chi connectivity index (χ1) is 9.63. The van der Waals surface area contributed by atoms with Crippen LogP contribution in [0.25, 0.3) is 0 Å². The van der Waals surface area contributed by atoms with E-state index in [0.29, 0.717) is 10.1 Å². The number of anilines is 1. The van der Waals surface area contributed by atoms with Crippen molar-refractivity contribution in [1.82, 2.24) is 10.2 Å². The summed E-state index contributed by atoms with van der Waals surface area (Å²) in [6.07, 6.45) is 0. The molecule has 0 unspecified atom stereocenters. The maximum atomic E-state index is 10.9. The molecule has 8 nitrogen and oxygen atoms in total. The molecule has 1 aromatic carbocycles. The van der Waals surface area contributed by atoms with Gasteiger partial charge in [0.25, 0.3) is 0 Å². The molecule has 9 heteroatoms. The van der Waals surface area contributed by atoms with Crippen molar-refractivity contribution in [3.05, 3.63) is 38.9 Å². The monoisotopic (exact) mass is 291 g/mol. The number of aromatic nitrogens is 2. The molecule has 2 rings (SSSR count). The van der Waals surface area contributed by atoms with Crippen LogP contribution in [0.5, 0.6) is 5.75 Å². The van der Waals surface area contributed by atoms with Crippen molar-refractivity contribution in [2.24, 2.45) is 0 Å². The summed E-state index contributed by atoms with van der Waals surface area (Å²) in [7, 11) is 1.72. The Bertz CT molecular complexity index is 679. The van der Waals surface area contributed by atoms with Gasteiger partial charge in [-0.15, -0.1) is 10.2 Å². The van der Waals surface area contributed by atoms with Gasteiger partial charge in [-0.2, -0.15) is 5.26 Å². The molecule has 0 aliphatic heterocycles. The smallest absolute Gasteiger partial charge is 0.312 e. The number of nitrogens with one attached hydrogen (secondary N) is 1. The molecular weight excluding hydrogens is 282 g/mol. The topological polar surface area (TPSA) is 114 Å². The number of rotatable bonds is 5. The minimum Gasteiger partial charge on any atom is -0.479 e. The first-order valence-electron chi connectivity index (χ1n) is 5.45. The van der Waals surface area contributed by atoms with Gasteiger partial charge in [-0.3, -0.25) is 10.1 Å². The summed E-state index contributed by atoms with van der Waals surface area (Å²) in [5.74, 6) is 0.0928. The fourth-order valence-electron chi connectivity index (χ4n) is 1.40. The highest BCUT2D eigenvalue weighted by Crippen LogP contribution is 2.29. The highest BCUT2D eigenvalue weighted by molar-refractivity contribution is 7.15. The molecule has 0 radical (unpaired) electrons. The molecule has 2 aromatic rings. The standard InChI is InChI=1S/C11H9N5O3S/c1-13-11-15-14-10(20-11)6-19-9-3-2-7(5-12)4-8(9)16(17)18/h2-4H,6H2,1H3,(H,13,15). The fourth-order valence-corrected chi connectivity index (χ4v) is 2.01. The van der Waals surface area contributed by atoms with Crippen LogP contribution in [0.4, 0.5) is 10.8 Å². The Labute approximate surface area is 117 Å². The third-order valence-corrected chi connectivity index (χ3v) is 3.23. The summed E-state index contributed by atoms with van der Waals surface area (Å²) in [5.41, 5.74) is -0.0418. The van der Waals surface area contributed by atoms with E-state index in [9.17, 15) is 10.1 Å². The van der Waals surface area contributed by atoms with Crippen molar-refractivity contribution >= 4 is 22.2 Å². The zero-order valence-corrected chi connectivity index (χ0v) is 11.2. The second-order valence-electron chi connectivity index (χ2n) is 3.59. The number of hydrogen-bond donors (Lipinski definition) is 1. The molecule has 1 heterocycles. The van der Waals surface area contributed by atoms with Crippen LogP contribution in [0.2, 0.25) is 0 Å². The average Bonchev–Trinajstić information content (AvgIpc) is 2.92. The number of ether oxygens (including phenoxy) is 1. The molecule has 0 saturated heterocycles. The van der Waals surface area contributed by atoms with Crippen LogP contribution in [-0.2, 0) is 6.61 Å². The molecule has 0 aliphatic carbocycles. The largest absolute Gasteiger partial charge is 0.479 e. The van der Waals surface area contributed by atoms with Crippen molar-refractivity contribution in [1.29, 1.82) is 5.26 Å². The molecule has 20 heavy (non-hydrogen) atoms. The predicted molar refractivity (Wildman–Crippen MR) is 71.6 cm³/mol. The SMILES string of the molecule is CNc1nnc(COc2ccc(C#N)cc2[N+](=O)[O-])s1. The van der Waals surface area contributed by atoms with E-state index in [-0.39, 0.29) is 23.6 Å². The van der Waals surface area contributed by atoms with Gasteiger partial charge in [-0.25, -0.2) is 0 Å². The molecule has 1 aromatic heterocycles. The average molecular weight is 291 g/mol. The Morgan fingerprint density at radius 3 is 2.95 bits per heavy atom. The van der Waals surface area contributed by atoms with Crippen molar-refractivity contribution < 1.29 is 9.66 Å². The molecule has 1 N–H and O–H groups in total. The Balaban J connectivity index is 2.16. The van der Waals surface area contributed by atoms with E-state index in [1.807, 2.05) is 6.07 Å². The van der Waals surface area contributed by atoms with E-state index < -0.39 is 4.92 Å². The van der Waals surface area contributed by atoms with E-state index in [0.717, 1.165) is 0 Å². The number of benzene rings is 1. The van der Waals surface area contributed by atoms with Crippen LogP contribution in [0, 0.1) is 21.4 Å². The summed E-state index contributed by atoms with van der Waals surface area (Å²) < 4.78 is 5.37. The summed E-state index contributed by atoms with van der Waals surface area (Å²) in [5, 5.41) is 31.4. The Morgan fingerprint density at radius 1 is 1.55 bits per heavy atom. The quantitative estimate of drug-likeness (QED) is 0.661. The van der Waals surface area contributed by atoms with Gasteiger partial charge in [0.2, 0.25) is 5.13 Å². The van der Waals surface area contributed by atoms with Gasteiger partial charge in [-0.1, -0.05) is 11.3 Å². The molecule has 0 aliphatic rings. The van der Waals surface area contributed by atoms with E-state index in [1.54, 1.807) is 7.05 Å². The summed E-state index contributed by atoms with van der Waals surface area (Å²) >= 11 is 1.29. The maximum Gasteiger partial charge on any atom is 0.312 e. The van der Waals surface area contributed by atoms with Crippen molar-refractivity contribution in [2.45, 2.75) is 6.61 Å². The molecule has 102 valence electrons. The van der Waals surface area contributed by atoms with Gasteiger partial charge in [0.05, 0.1) is 16.6 Å². The third-order valence-electron chi connectivity index (χ3n) is 2.32. The zero-order valence-electron chi connectivity index (χ0n) is 10.4. The van der Waals surface area contributed by atoms with E-state index >= 15 is 0 Å². The first-order valence-corrected chi connectivity index (χ1v) is 6.27.